The van der Waals surface area contributed by atoms with Gasteiger partial charge in [0.25, 0.3) is 0 Å². The van der Waals surface area contributed by atoms with Crippen LogP contribution in [0.1, 0.15) is 16.8 Å². The molecule has 0 amide bonds. The monoisotopic (exact) mass is 219 g/mol. The van der Waals surface area contributed by atoms with Gasteiger partial charge in [0.2, 0.25) is 0 Å². The number of nitrogens with zero attached hydrogens (tertiary/aromatic N) is 2. The van der Waals surface area contributed by atoms with Gasteiger partial charge in [0.05, 0.1) is 0 Å². The van der Waals surface area contributed by atoms with E-state index in [0.717, 1.165) is 38.3 Å². The van der Waals surface area contributed by atoms with Crippen molar-refractivity contribution in [3.63, 3.8) is 0 Å². The van der Waals surface area contributed by atoms with E-state index in [9.17, 15) is 4.79 Å². The summed E-state index contributed by atoms with van der Waals surface area (Å²) in [6.07, 6.45) is 3.92. The summed E-state index contributed by atoms with van der Waals surface area (Å²) in [5, 5.41) is 3.30. The van der Waals surface area contributed by atoms with E-state index in [2.05, 4.69) is 15.2 Å². The number of Topliss-reactive ketones (excluding diaryl/α,β-unsaturated/α-hetero) is 1. The van der Waals surface area contributed by atoms with Crippen LogP contribution in [-0.4, -0.2) is 48.4 Å². The van der Waals surface area contributed by atoms with Gasteiger partial charge in [-0.15, -0.1) is 0 Å². The van der Waals surface area contributed by atoms with Gasteiger partial charge in [-0.05, 0) is 12.1 Å². The van der Waals surface area contributed by atoms with E-state index in [1.807, 2.05) is 6.07 Å². The number of aromatic nitrogens is 1. The minimum atomic E-state index is 0.187. The van der Waals surface area contributed by atoms with E-state index < -0.39 is 0 Å². The topological polar surface area (TPSA) is 45.2 Å². The second-order valence-electron chi connectivity index (χ2n) is 4.01. The molecule has 0 unspecified atom stereocenters. The largest absolute Gasteiger partial charge is 0.314 e. The zero-order chi connectivity index (χ0) is 11.2. The van der Waals surface area contributed by atoms with E-state index >= 15 is 0 Å². The third kappa shape index (κ3) is 3.12. The average Bonchev–Trinajstić information content (AvgIpc) is 2.38. The van der Waals surface area contributed by atoms with Gasteiger partial charge in [-0.2, -0.15) is 0 Å². The van der Waals surface area contributed by atoms with Crippen molar-refractivity contribution < 1.29 is 4.79 Å². The molecule has 1 saturated heterocycles. The normalized spacial score (nSPS) is 17.2. The first kappa shape index (κ1) is 11.2. The lowest BCUT2D eigenvalue weighted by Gasteiger charge is -2.26. The lowest BCUT2D eigenvalue weighted by Crippen LogP contribution is -2.44. The van der Waals surface area contributed by atoms with Crippen molar-refractivity contribution in [1.29, 1.82) is 0 Å². The molecule has 0 aromatic carbocycles. The van der Waals surface area contributed by atoms with Gasteiger partial charge in [0.1, 0.15) is 0 Å². The number of piperazine rings is 1. The van der Waals surface area contributed by atoms with Crippen LogP contribution in [0.4, 0.5) is 0 Å². The first-order valence-corrected chi connectivity index (χ1v) is 5.72. The molecule has 1 aliphatic heterocycles. The van der Waals surface area contributed by atoms with Gasteiger partial charge in [-0.3, -0.25) is 9.78 Å². The lowest BCUT2D eigenvalue weighted by molar-refractivity contribution is 0.0960. The van der Waals surface area contributed by atoms with E-state index in [-0.39, 0.29) is 5.78 Å². The molecule has 1 N–H and O–H groups in total. The highest BCUT2D eigenvalue weighted by molar-refractivity contribution is 5.95. The second-order valence-corrected chi connectivity index (χ2v) is 4.01. The maximum absolute atomic E-state index is 11.8. The zero-order valence-corrected chi connectivity index (χ0v) is 9.35. The van der Waals surface area contributed by atoms with E-state index in [1.165, 1.54) is 0 Å². The van der Waals surface area contributed by atoms with Gasteiger partial charge in [-0.1, -0.05) is 0 Å². The fourth-order valence-electron chi connectivity index (χ4n) is 1.87. The maximum Gasteiger partial charge on any atom is 0.165 e. The molecule has 0 saturated carbocycles. The minimum absolute atomic E-state index is 0.187. The van der Waals surface area contributed by atoms with Gasteiger partial charge < -0.3 is 10.2 Å². The van der Waals surface area contributed by atoms with E-state index in [0.29, 0.717) is 6.42 Å². The Morgan fingerprint density at radius 2 is 2.25 bits per heavy atom. The fourth-order valence-corrected chi connectivity index (χ4v) is 1.87. The molecule has 0 radical (unpaired) electrons. The van der Waals surface area contributed by atoms with Crippen LogP contribution < -0.4 is 5.32 Å². The summed E-state index contributed by atoms with van der Waals surface area (Å²) in [5.41, 5.74) is 0.720. The second kappa shape index (κ2) is 5.72. The number of ketones is 1. The molecule has 0 spiro atoms. The number of nitrogens with one attached hydrogen (secondary N) is 1. The molecule has 86 valence electrons. The first-order chi connectivity index (χ1) is 7.86. The molecule has 1 aliphatic rings. The summed E-state index contributed by atoms with van der Waals surface area (Å²) in [6, 6.07) is 3.63. The molecule has 0 aliphatic carbocycles. The molecule has 4 nitrogen and oxygen atoms in total. The first-order valence-electron chi connectivity index (χ1n) is 5.72. The van der Waals surface area contributed by atoms with Gasteiger partial charge in [-0.25, -0.2) is 0 Å². The highest BCUT2D eigenvalue weighted by Crippen LogP contribution is 2.03. The molecule has 2 heterocycles. The summed E-state index contributed by atoms with van der Waals surface area (Å²) in [6.45, 7) is 5.00. The lowest BCUT2D eigenvalue weighted by atomic mass is 10.1. The van der Waals surface area contributed by atoms with Crippen molar-refractivity contribution in [2.75, 3.05) is 32.7 Å². The van der Waals surface area contributed by atoms with Crippen molar-refractivity contribution in [2.24, 2.45) is 0 Å². The number of rotatable bonds is 4. The van der Waals surface area contributed by atoms with Crippen LogP contribution in [0, 0.1) is 0 Å². The summed E-state index contributed by atoms with van der Waals surface area (Å²) < 4.78 is 0. The standard InChI is InChI=1S/C12H17N3O/c16-12(11-2-1-4-14-10-11)3-7-15-8-5-13-6-9-15/h1-2,4,10,13H,3,5-9H2. The van der Waals surface area contributed by atoms with Crippen LogP contribution in [0.5, 0.6) is 0 Å². The van der Waals surface area contributed by atoms with Crippen molar-refractivity contribution in [3.8, 4) is 0 Å². The third-order valence-electron chi connectivity index (χ3n) is 2.85. The van der Waals surface area contributed by atoms with Crippen molar-refractivity contribution in [2.45, 2.75) is 6.42 Å². The van der Waals surface area contributed by atoms with Gasteiger partial charge in [0, 0.05) is 57.1 Å². The zero-order valence-electron chi connectivity index (χ0n) is 9.35. The Morgan fingerprint density at radius 3 is 2.94 bits per heavy atom. The van der Waals surface area contributed by atoms with Crippen LogP contribution in [-0.2, 0) is 0 Å². The maximum atomic E-state index is 11.8. The Bertz CT molecular complexity index is 333. The molecule has 16 heavy (non-hydrogen) atoms. The smallest absolute Gasteiger partial charge is 0.165 e. The van der Waals surface area contributed by atoms with Crippen LogP contribution in [0.3, 0.4) is 0 Å². The average molecular weight is 219 g/mol. The van der Waals surface area contributed by atoms with Crippen LogP contribution >= 0.6 is 0 Å². The summed E-state index contributed by atoms with van der Waals surface area (Å²) >= 11 is 0. The van der Waals surface area contributed by atoms with Crippen LogP contribution in [0.25, 0.3) is 0 Å². The molecule has 1 aromatic rings. The quantitative estimate of drug-likeness (QED) is 0.752. The van der Waals surface area contributed by atoms with Gasteiger partial charge in [0.15, 0.2) is 5.78 Å². The molecule has 4 heteroatoms. The predicted octanol–water partition coefficient (Wildman–Crippen LogP) is 0.560. The fraction of sp³-hybridized carbons (Fsp3) is 0.500. The minimum Gasteiger partial charge on any atom is -0.314 e. The van der Waals surface area contributed by atoms with E-state index in [4.69, 9.17) is 0 Å². The molecule has 2 rings (SSSR count). The van der Waals surface area contributed by atoms with Crippen molar-refractivity contribution >= 4 is 5.78 Å². The van der Waals surface area contributed by atoms with Crippen LogP contribution in [0.2, 0.25) is 0 Å². The SMILES string of the molecule is O=C(CCN1CCNCC1)c1cccnc1. The number of carbonyl (C=O) groups is 1. The molecule has 1 aromatic heterocycles. The molecule has 0 bridgehead atoms. The van der Waals surface area contributed by atoms with Crippen molar-refractivity contribution in [3.05, 3.63) is 30.1 Å². The molecule has 1 fully saturated rings. The Labute approximate surface area is 95.7 Å². The highest BCUT2D eigenvalue weighted by atomic mass is 16.1. The highest BCUT2D eigenvalue weighted by Gasteiger charge is 2.12. The Balaban J connectivity index is 1.79. The molecular weight excluding hydrogens is 202 g/mol. The van der Waals surface area contributed by atoms with E-state index in [1.54, 1.807) is 18.5 Å². The predicted molar refractivity (Wildman–Crippen MR) is 62.5 cm³/mol. The Hall–Kier alpha value is -1.26. The number of carbonyl (C=O) groups excluding carboxylic acids is 1. The summed E-state index contributed by atoms with van der Waals surface area (Å²) in [4.78, 5) is 18.1. The molecular formula is C12H17N3O. The number of hydrogen-bond acceptors (Lipinski definition) is 4. The van der Waals surface area contributed by atoms with Crippen LogP contribution in [0.15, 0.2) is 24.5 Å². The van der Waals surface area contributed by atoms with Crippen molar-refractivity contribution in [1.82, 2.24) is 15.2 Å². The van der Waals surface area contributed by atoms with Gasteiger partial charge >= 0.3 is 0 Å². The molecule has 0 atom stereocenters. The summed E-state index contributed by atoms with van der Waals surface area (Å²) in [7, 11) is 0. The number of hydrogen-bond donors (Lipinski definition) is 1. The Morgan fingerprint density at radius 1 is 1.44 bits per heavy atom. The third-order valence-corrected chi connectivity index (χ3v) is 2.85. The summed E-state index contributed by atoms with van der Waals surface area (Å²) in [5.74, 6) is 0.187. The Kier molecular flexibility index (Phi) is 4.02. The number of pyridine rings is 1.